The number of rotatable bonds is 8. The Morgan fingerprint density at radius 3 is 2.82 bits per heavy atom. The highest BCUT2D eigenvalue weighted by atomic mass is 16.5. The van der Waals surface area contributed by atoms with Crippen LogP contribution in [0.25, 0.3) is 0 Å². The lowest BCUT2D eigenvalue weighted by Gasteiger charge is -2.22. The predicted octanol–water partition coefficient (Wildman–Crippen LogP) is 2.67. The minimum Gasteiger partial charge on any atom is -0.497 e. The van der Waals surface area contributed by atoms with E-state index in [1.165, 1.54) is 24.8 Å². The fraction of sp³-hybridized carbons (Fsp3) is 0.611. The monoisotopic (exact) mass is 304 g/mol. The molecule has 2 rings (SSSR count). The van der Waals surface area contributed by atoms with Crippen molar-refractivity contribution in [2.75, 3.05) is 20.2 Å². The first-order chi connectivity index (χ1) is 10.8. The second-order valence-corrected chi connectivity index (χ2v) is 6.00. The average molecular weight is 304 g/mol. The van der Waals surface area contributed by atoms with Gasteiger partial charge in [-0.2, -0.15) is 0 Å². The van der Waals surface area contributed by atoms with Gasteiger partial charge in [-0.05, 0) is 43.5 Å². The molecule has 1 fully saturated rings. The fourth-order valence-electron chi connectivity index (χ4n) is 2.93. The van der Waals surface area contributed by atoms with E-state index in [2.05, 4.69) is 22.8 Å². The molecule has 122 valence electrons. The van der Waals surface area contributed by atoms with Crippen molar-refractivity contribution in [3.63, 3.8) is 0 Å². The Morgan fingerprint density at radius 1 is 1.23 bits per heavy atom. The van der Waals surface area contributed by atoms with E-state index >= 15 is 0 Å². The van der Waals surface area contributed by atoms with E-state index in [9.17, 15) is 4.79 Å². The van der Waals surface area contributed by atoms with E-state index in [4.69, 9.17) is 4.74 Å². The van der Waals surface area contributed by atoms with Gasteiger partial charge in [0.05, 0.1) is 7.11 Å². The number of hydrogen-bond donors (Lipinski definition) is 2. The van der Waals surface area contributed by atoms with Crippen LogP contribution >= 0.6 is 0 Å². The van der Waals surface area contributed by atoms with Gasteiger partial charge in [-0.1, -0.05) is 31.4 Å². The van der Waals surface area contributed by atoms with E-state index < -0.39 is 0 Å². The Hall–Kier alpha value is -1.55. The topological polar surface area (TPSA) is 50.4 Å². The Bertz CT molecular complexity index is 456. The van der Waals surface area contributed by atoms with Crippen LogP contribution in [0, 0.1) is 0 Å². The maximum absolute atomic E-state index is 11.9. The summed E-state index contributed by atoms with van der Waals surface area (Å²) >= 11 is 0. The van der Waals surface area contributed by atoms with Crippen molar-refractivity contribution < 1.29 is 9.53 Å². The van der Waals surface area contributed by atoms with Gasteiger partial charge in [0.15, 0.2) is 0 Å². The van der Waals surface area contributed by atoms with E-state index in [0.717, 1.165) is 38.1 Å². The summed E-state index contributed by atoms with van der Waals surface area (Å²) in [4.78, 5) is 11.9. The smallest absolute Gasteiger partial charge is 0.221 e. The molecule has 1 amide bonds. The van der Waals surface area contributed by atoms with E-state index in [1.807, 2.05) is 12.1 Å². The largest absolute Gasteiger partial charge is 0.497 e. The Kier molecular flexibility index (Phi) is 7.23. The molecule has 0 aromatic heterocycles. The summed E-state index contributed by atoms with van der Waals surface area (Å²) in [6.45, 7) is 1.62. The molecule has 1 aliphatic rings. The number of benzene rings is 1. The first kappa shape index (κ1) is 16.8. The van der Waals surface area contributed by atoms with Crippen molar-refractivity contribution in [1.82, 2.24) is 10.6 Å². The zero-order chi connectivity index (χ0) is 15.6. The number of nitrogens with one attached hydrogen (secondary N) is 2. The molecular weight excluding hydrogens is 276 g/mol. The molecule has 0 spiro atoms. The summed E-state index contributed by atoms with van der Waals surface area (Å²) in [5.41, 5.74) is 1.25. The molecule has 0 radical (unpaired) electrons. The Balaban J connectivity index is 1.55. The van der Waals surface area contributed by atoms with Crippen LogP contribution < -0.4 is 15.4 Å². The highest BCUT2D eigenvalue weighted by Crippen LogP contribution is 2.17. The molecule has 0 bridgehead atoms. The SMILES string of the molecule is COc1cccc(CCNCCC(=O)NC2CCCCC2)c1. The molecule has 2 N–H and O–H groups in total. The van der Waals surface area contributed by atoms with E-state index in [0.29, 0.717) is 12.5 Å². The van der Waals surface area contributed by atoms with Crippen LogP contribution in [0.3, 0.4) is 0 Å². The molecule has 4 heteroatoms. The number of carbonyl (C=O) groups is 1. The second kappa shape index (κ2) is 9.46. The van der Waals surface area contributed by atoms with Gasteiger partial charge in [-0.15, -0.1) is 0 Å². The molecule has 0 atom stereocenters. The minimum absolute atomic E-state index is 0.181. The normalized spacial score (nSPS) is 15.5. The van der Waals surface area contributed by atoms with Crippen LogP contribution in [0.15, 0.2) is 24.3 Å². The van der Waals surface area contributed by atoms with Gasteiger partial charge < -0.3 is 15.4 Å². The van der Waals surface area contributed by atoms with E-state index in [-0.39, 0.29) is 5.91 Å². The third-order valence-electron chi connectivity index (χ3n) is 4.22. The highest BCUT2D eigenvalue weighted by Gasteiger charge is 2.14. The molecule has 1 saturated carbocycles. The van der Waals surface area contributed by atoms with Crippen LogP contribution in [-0.4, -0.2) is 32.1 Å². The third kappa shape index (κ3) is 6.06. The van der Waals surface area contributed by atoms with Crippen molar-refractivity contribution in [3.8, 4) is 5.75 Å². The summed E-state index contributed by atoms with van der Waals surface area (Å²) in [5.74, 6) is 1.07. The first-order valence-electron chi connectivity index (χ1n) is 8.41. The average Bonchev–Trinajstić information content (AvgIpc) is 2.55. The summed E-state index contributed by atoms with van der Waals surface area (Å²) in [6, 6.07) is 8.52. The fourth-order valence-corrected chi connectivity index (χ4v) is 2.93. The van der Waals surface area contributed by atoms with Crippen LogP contribution in [-0.2, 0) is 11.2 Å². The van der Waals surface area contributed by atoms with Crippen molar-refractivity contribution in [2.24, 2.45) is 0 Å². The lowest BCUT2D eigenvalue weighted by molar-refractivity contribution is -0.121. The van der Waals surface area contributed by atoms with Crippen LogP contribution in [0.4, 0.5) is 0 Å². The molecule has 4 nitrogen and oxygen atoms in total. The van der Waals surface area contributed by atoms with E-state index in [1.54, 1.807) is 7.11 Å². The lowest BCUT2D eigenvalue weighted by atomic mass is 9.95. The quantitative estimate of drug-likeness (QED) is 0.726. The highest BCUT2D eigenvalue weighted by molar-refractivity contribution is 5.76. The maximum atomic E-state index is 11.9. The third-order valence-corrected chi connectivity index (χ3v) is 4.22. The molecule has 0 unspecified atom stereocenters. The number of hydrogen-bond acceptors (Lipinski definition) is 3. The molecule has 0 saturated heterocycles. The van der Waals surface area contributed by atoms with Crippen LogP contribution in [0.5, 0.6) is 5.75 Å². The van der Waals surface area contributed by atoms with Gasteiger partial charge in [-0.25, -0.2) is 0 Å². The summed E-state index contributed by atoms with van der Waals surface area (Å²) in [6.07, 6.45) is 7.63. The molecule has 1 aromatic rings. The zero-order valence-electron chi connectivity index (χ0n) is 13.6. The van der Waals surface area contributed by atoms with Gasteiger partial charge in [0.25, 0.3) is 0 Å². The molecule has 1 aliphatic carbocycles. The summed E-state index contributed by atoms with van der Waals surface area (Å²) in [5, 5.41) is 6.48. The van der Waals surface area contributed by atoms with Gasteiger partial charge in [0.2, 0.25) is 5.91 Å². The number of ether oxygens (including phenoxy) is 1. The standard InChI is InChI=1S/C18H28N2O2/c1-22-17-9-5-6-15(14-17)10-12-19-13-11-18(21)20-16-7-3-2-4-8-16/h5-6,9,14,16,19H,2-4,7-8,10-13H2,1H3,(H,20,21). The summed E-state index contributed by atoms with van der Waals surface area (Å²) < 4.78 is 5.21. The predicted molar refractivity (Wildman–Crippen MR) is 89.2 cm³/mol. The Morgan fingerprint density at radius 2 is 2.05 bits per heavy atom. The number of methoxy groups -OCH3 is 1. The molecular formula is C18H28N2O2. The van der Waals surface area contributed by atoms with Gasteiger partial charge >= 0.3 is 0 Å². The minimum atomic E-state index is 0.181. The van der Waals surface area contributed by atoms with Crippen molar-refractivity contribution >= 4 is 5.91 Å². The Labute approximate surface area is 133 Å². The van der Waals surface area contributed by atoms with Gasteiger partial charge in [-0.3, -0.25) is 4.79 Å². The lowest BCUT2D eigenvalue weighted by Crippen LogP contribution is -2.37. The molecule has 1 aromatic carbocycles. The molecule has 22 heavy (non-hydrogen) atoms. The first-order valence-corrected chi connectivity index (χ1v) is 8.41. The van der Waals surface area contributed by atoms with Crippen molar-refractivity contribution in [2.45, 2.75) is 51.0 Å². The summed E-state index contributed by atoms with van der Waals surface area (Å²) in [7, 11) is 1.68. The van der Waals surface area contributed by atoms with Crippen LogP contribution in [0.1, 0.15) is 44.1 Å². The second-order valence-electron chi connectivity index (χ2n) is 6.00. The molecule has 0 heterocycles. The van der Waals surface area contributed by atoms with Gasteiger partial charge in [0.1, 0.15) is 5.75 Å². The van der Waals surface area contributed by atoms with Crippen molar-refractivity contribution in [1.29, 1.82) is 0 Å². The zero-order valence-corrected chi connectivity index (χ0v) is 13.6. The van der Waals surface area contributed by atoms with Gasteiger partial charge in [0, 0.05) is 19.0 Å². The number of amides is 1. The number of carbonyl (C=O) groups excluding carboxylic acids is 1. The molecule has 0 aliphatic heterocycles. The van der Waals surface area contributed by atoms with Crippen molar-refractivity contribution in [3.05, 3.63) is 29.8 Å². The van der Waals surface area contributed by atoms with Crippen LogP contribution in [0.2, 0.25) is 0 Å². The maximum Gasteiger partial charge on any atom is 0.221 e.